The minimum absolute atomic E-state index is 0.0384. The SMILES string of the molecule is Cc1cc(C)nc(N2CCC(C(=O)N3CCC4(CC3)CC(=O)c3cc(C)c(C)cc3O4)CC2)n1. The highest BCUT2D eigenvalue weighted by Gasteiger charge is 2.44. The third kappa shape index (κ3) is 4.28. The van der Waals surface area contributed by atoms with E-state index in [1.165, 1.54) is 0 Å². The standard InChI is InChI=1S/C27H34N4O3/c1-17-13-22-23(32)16-27(34-24(22)14-18(17)2)7-11-30(12-8-27)25(33)21-5-9-31(10-6-21)26-28-19(3)15-20(4)29-26/h13-15,21H,5-12,16H2,1-4H3. The Morgan fingerprint density at radius 2 is 1.56 bits per heavy atom. The summed E-state index contributed by atoms with van der Waals surface area (Å²) in [4.78, 5) is 39.5. The second-order valence-corrected chi connectivity index (χ2v) is 10.4. The number of fused-ring (bicyclic) bond motifs is 1. The first-order valence-corrected chi connectivity index (χ1v) is 12.4. The molecule has 2 saturated heterocycles. The van der Waals surface area contributed by atoms with Gasteiger partial charge in [0.2, 0.25) is 11.9 Å². The van der Waals surface area contributed by atoms with Crippen molar-refractivity contribution in [1.82, 2.24) is 14.9 Å². The van der Waals surface area contributed by atoms with Gasteiger partial charge in [-0.1, -0.05) is 0 Å². The van der Waals surface area contributed by atoms with Crippen LogP contribution in [0.3, 0.4) is 0 Å². The number of aromatic nitrogens is 2. The van der Waals surface area contributed by atoms with Gasteiger partial charge in [0.25, 0.3) is 0 Å². The van der Waals surface area contributed by atoms with Crippen LogP contribution in [0.4, 0.5) is 5.95 Å². The van der Waals surface area contributed by atoms with Crippen LogP contribution in [0.25, 0.3) is 0 Å². The largest absolute Gasteiger partial charge is 0.486 e. The second-order valence-electron chi connectivity index (χ2n) is 10.4. The van der Waals surface area contributed by atoms with E-state index in [-0.39, 0.29) is 17.6 Å². The van der Waals surface area contributed by atoms with Gasteiger partial charge in [-0.25, -0.2) is 9.97 Å². The zero-order valence-electron chi connectivity index (χ0n) is 20.7. The molecule has 2 fully saturated rings. The molecule has 1 amide bonds. The van der Waals surface area contributed by atoms with Gasteiger partial charge < -0.3 is 14.5 Å². The topological polar surface area (TPSA) is 75.6 Å². The van der Waals surface area contributed by atoms with Crippen LogP contribution in [0.1, 0.15) is 65.0 Å². The van der Waals surface area contributed by atoms with Crippen molar-refractivity contribution in [3.8, 4) is 5.75 Å². The van der Waals surface area contributed by atoms with Gasteiger partial charge in [-0.15, -0.1) is 0 Å². The predicted octanol–water partition coefficient (Wildman–Crippen LogP) is 3.95. The molecule has 2 aromatic rings. The van der Waals surface area contributed by atoms with Gasteiger partial charge in [0.15, 0.2) is 5.78 Å². The number of piperidine rings is 2. The molecule has 1 aromatic heterocycles. The van der Waals surface area contributed by atoms with Crippen molar-refractivity contribution in [3.63, 3.8) is 0 Å². The zero-order chi connectivity index (χ0) is 24.0. The number of ether oxygens (including phenoxy) is 1. The number of aryl methyl sites for hydroxylation is 4. The maximum atomic E-state index is 13.3. The molecule has 0 bridgehead atoms. The van der Waals surface area contributed by atoms with Crippen molar-refractivity contribution in [1.29, 1.82) is 0 Å². The number of amides is 1. The number of anilines is 1. The van der Waals surface area contributed by atoms with Crippen molar-refractivity contribution >= 4 is 17.6 Å². The van der Waals surface area contributed by atoms with Crippen LogP contribution >= 0.6 is 0 Å². The summed E-state index contributed by atoms with van der Waals surface area (Å²) >= 11 is 0. The lowest BCUT2D eigenvalue weighted by Gasteiger charge is -2.45. The average molecular weight is 463 g/mol. The van der Waals surface area contributed by atoms with E-state index in [4.69, 9.17) is 4.74 Å². The van der Waals surface area contributed by atoms with Crippen molar-refractivity contribution in [2.45, 2.75) is 65.4 Å². The number of ketones is 1. The van der Waals surface area contributed by atoms with Crippen LogP contribution in [0.15, 0.2) is 18.2 Å². The molecule has 3 aliphatic rings. The van der Waals surface area contributed by atoms with E-state index in [1.54, 1.807) is 0 Å². The highest BCUT2D eigenvalue weighted by Crippen LogP contribution is 2.40. The van der Waals surface area contributed by atoms with Crippen LogP contribution in [-0.4, -0.2) is 58.3 Å². The number of Topliss-reactive ketones (excluding diaryl/α,β-unsaturated/α-hetero) is 1. The summed E-state index contributed by atoms with van der Waals surface area (Å²) in [6, 6.07) is 5.93. The van der Waals surface area contributed by atoms with Crippen molar-refractivity contribution in [2.75, 3.05) is 31.1 Å². The minimum Gasteiger partial charge on any atom is -0.486 e. The fraction of sp³-hybridized carbons (Fsp3) is 0.556. The first-order chi connectivity index (χ1) is 16.2. The molecule has 7 nitrogen and oxygen atoms in total. The van der Waals surface area contributed by atoms with Gasteiger partial charge in [-0.3, -0.25) is 9.59 Å². The van der Waals surface area contributed by atoms with E-state index >= 15 is 0 Å². The molecule has 0 atom stereocenters. The second kappa shape index (κ2) is 8.67. The summed E-state index contributed by atoms with van der Waals surface area (Å²) in [5, 5.41) is 0. The molecular formula is C27H34N4O3. The molecule has 0 saturated carbocycles. The van der Waals surface area contributed by atoms with Gasteiger partial charge in [0.1, 0.15) is 11.4 Å². The Kier molecular flexibility index (Phi) is 5.82. The third-order valence-corrected chi connectivity index (χ3v) is 7.79. The number of hydrogen-bond donors (Lipinski definition) is 0. The van der Waals surface area contributed by atoms with Gasteiger partial charge in [-0.05, 0) is 69.9 Å². The van der Waals surface area contributed by atoms with E-state index in [0.717, 1.165) is 54.4 Å². The Labute approximate surface area is 201 Å². The smallest absolute Gasteiger partial charge is 0.225 e. The Morgan fingerprint density at radius 3 is 2.21 bits per heavy atom. The van der Waals surface area contributed by atoms with Crippen LogP contribution in [0.2, 0.25) is 0 Å². The van der Waals surface area contributed by atoms with Crippen LogP contribution in [0, 0.1) is 33.6 Å². The first-order valence-electron chi connectivity index (χ1n) is 12.4. The molecule has 0 N–H and O–H groups in total. The van der Waals surface area contributed by atoms with E-state index in [9.17, 15) is 9.59 Å². The van der Waals surface area contributed by atoms with Gasteiger partial charge in [0, 0.05) is 56.3 Å². The average Bonchev–Trinajstić information content (AvgIpc) is 2.80. The molecule has 4 heterocycles. The molecular weight excluding hydrogens is 428 g/mol. The van der Waals surface area contributed by atoms with Crippen LogP contribution in [-0.2, 0) is 4.79 Å². The molecule has 1 spiro atoms. The molecule has 180 valence electrons. The Bertz CT molecular complexity index is 1110. The predicted molar refractivity (Wildman–Crippen MR) is 130 cm³/mol. The summed E-state index contributed by atoms with van der Waals surface area (Å²) in [6.45, 7) is 10.9. The maximum Gasteiger partial charge on any atom is 0.225 e. The van der Waals surface area contributed by atoms with Crippen LogP contribution < -0.4 is 9.64 Å². The van der Waals surface area contributed by atoms with E-state index < -0.39 is 5.60 Å². The Balaban J connectivity index is 1.19. The van der Waals surface area contributed by atoms with Crippen molar-refractivity contribution in [2.24, 2.45) is 5.92 Å². The maximum absolute atomic E-state index is 13.3. The van der Waals surface area contributed by atoms with E-state index in [1.807, 2.05) is 50.8 Å². The number of carbonyl (C=O) groups is 2. The lowest BCUT2D eigenvalue weighted by atomic mass is 9.81. The lowest BCUT2D eigenvalue weighted by Crippen LogP contribution is -2.54. The molecule has 1 aromatic carbocycles. The number of likely N-dealkylation sites (tertiary alicyclic amines) is 1. The number of nitrogens with zero attached hydrogens (tertiary/aromatic N) is 4. The summed E-state index contributed by atoms with van der Waals surface area (Å²) in [5.74, 6) is 1.92. The highest BCUT2D eigenvalue weighted by molar-refractivity contribution is 6.00. The first kappa shape index (κ1) is 22.8. The highest BCUT2D eigenvalue weighted by atomic mass is 16.5. The number of hydrogen-bond acceptors (Lipinski definition) is 6. The summed E-state index contributed by atoms with van der Waals surface area (Å²) in [5.41, 5.74) is 4.41. The number of benzene rings is 1. The van der Waals surface area contributed by atoms with Crippen molar-refractivity contribution in [3.05, 3.63) is 46.3 Å². The number of carbonyl (C=O) groups excluding carboxylic acids is 2. The molecule has 34 heavy (non-hydrogen) atoms. The fourth-order valence-electron chi connectivity index (χ4n) is 5.60. The summed E-state index contributed by atoms with van der Waals surface area (Å²) in [6.07, 6.45) is 3.44. The monoisotopic (exact) mass is 462 g/mol. The molecule has 7 heteroatoms. The normalized spacial score (nSPS) is 20.3. The van der Waals surface area contributed by atoms with Crippen LogP contribution in [0.5, 0.6) is 5.75 Å². The molecule has 0 aliphatic carbocycles. The molecule has 5 rings (SSSR count). The Hall–Kier alpha value is -2.96. The third-order valence-electron chi connectivity index (χ3n) is 7.79. The minimum atomic E-state index is -0.480. The Morgan fingerprint density at radius 1 is 0.941 bits per heavy atom. The molecule has 0 radical (unpaired) electrons. The summed E-state index contributed by atoms with van der Waals surface area (Å²) in [7, 11) is 0. The fourth-order valence-corrected chi connectivity index (χ4v) is 5.60. The zero-order valence-corrected chi connectivity index (χ0v) is 20.7. The number of rotatable bonds is 2. The molecule has 3 aliphatic heterocycles. The van der Waals surface area contributed by atoms with E-state index in [0.29, 0.717) is 43.7 Å². The quantitative estimate of drug-likeness (QED) is 0.673. The lowest BCUT2D eigenvalue weighted by molar-refractivity contribution is -0.139. The van der Waals surface area contributed by atoms with E-state index in [2.05, 4.69) is 14.9 Å². The van der Waals surface area contributed by atoms with Gasteiger partial charge in [-0.2, -0.15) is 0 Å². The molecule has 0 unspecified atom stereocenters. The van der Waals surface area contributed by atoms with Crippen molar-refractivity contribution < 1.29 is 14.3 Å². The van der Waals surface area contributed by atoms with Gasteiger partial charge >= 0.3 is 0 Å². The van der Waals surface area contributed by atoms with Gasteiger partial charge in [0.05, 0.1) is 12.0 Å². The summed E-state index contributed by atoms with van der Waals surface area (Å²) < 4.78 is 6.44.